The zero-order chi connectivity index (χ0) is 18.8. The smallest absolute Gasteiger partial charge is 0.191 e. The van der Waals surface area contributed by atoms with Crippen LogP contribution in [0.5, 0.6) is 0 Å². The molecule has 1 saturated heterocycles. The van der Waals surface area contributed by atoms with E-state index in [1.54, 1.807) is 32.0 Å². The SMILES string of the molecule is CN=C(NCc1ccc(F)cc1CSC)NCC1CCCN1CCOC.I. The minimum atomic E-state index is -0.183. The number of guanidine groups is 1. The molecule has 0 aromatic heterocycles. The maximum Gasteiger partial charge on any atom is 0.191 e. The van der Waals surface area contributed by atoms with Crippen molar-refractivity contribution in [3.05, 3.63) is 35.1 Å². The van der Waals surface area contributed by atoms with Crippen molar-refractivity contribution in [1.82, 2.24) is 15.5 Å². The molecule has 1 aromatic carbocycles. The van der Waals surface area contributed by atoms with Gasteiger partial charge in [-0.25, -0.2) is 4.39 Å². The van der Waals surface area contributed by atoms with E-state index in [1.807, 2.05) is 12.3 Å². The van der Waals surface area contributed by atoms with Crippen LogP contribution in [0.1, 0.15) is 24.0 Å². The zero-order valence-corrected chi connectivity index (χ0v) is 19.6. The summed E-state index contributed by atoms with van der Waals surface area (Å²) < 4.78 is 18.7. The lowest BCUT2D eigenvalue weighted by atomic mass is 10.1. The first-order valence-corrected chi connectivity index (χ1v) is 10.5. The van der Waals surface area contributed by atoms with Gasteiger partial charge in [-0.05, 0) is 48.9 Å². The highest BCUT2D eigenvalue weighted by molar-refractivity contribution is 14.0. The molecule has 0 spiro atoms. The van der Waals surface area contributed by atoms with E-state index < -0.39 is 0 Å². The number of ether oxygens (including phenoxy) is 1. The van der Waals surface area contributed by atoms with E-state index in [9.17, 15) is 4.39 Å². The normalized spacial score (nSPS) is 17.6. The Hall–Kier alpha value is -0.580. The van der Waals surface area contributed by atoms with Crippen LogP contribution in [-0.2, 0) is 17.0 Å². The summed E-state index contributed by atoms with van der Waals surface area (Å²) in [5.41, 5.74) is 2.13. The van der Waals surface area contributed by atoms with E-state index in [-0.39, 0.29) is 29.8 Å². The third-order valence-electron chi connectivity index (χ3n) is 4.72. The summed E-state index contributed by atoms with van der Waals surface area (Å²) in [5, 5.41) is 6.78. The first-order valence-electron chi connectivity index (χ1n) is 9.11. The van der Waals surface area contributed by atoms with E-state index in [1.165, 1.54) is 18.9 Å². The van der Waals surface area contributed by atoms with Crippen LogP contribution in [0.25, 0.3) is 0 Å². The van der Waals surface area contributed by atoms with Gasteiger partial charge in [0.05, 0.1) is 6.61 Å². The van der Waals surface area contributed by atoms with Crippen molar-refractivity contribution >= 4 is 41.7 Å². The summed E-state index contributed by atoms with van der Waals surface area (Å²) in [6.45, 7) is 4.38. The Labute approximate surface area is 183 Å². The van der Waals surface area contributed by atoms with Crippen LogP contribution >= 0.6 is 35.7 Å². The van der Waals surface area contributed by atoms with Crippen LogP contribution in [0, 0.1) is 5.82 Å². The fraction of sp³-hybridized carbons (Fsp3) is 0.632. The third kappa shape index (κ3) is 8.13. The topological polar surface area (TPSA) is 48.9 Å². The average Bonchev–Trinajstić information content (AvgIpc) is 3.09. The van der Waals surface area contributed by atoms with E-state index >= 15 is 0 Å². The molecule has 1 fully saturated rings. The van der Waals surface area contributed by atoms with Crippen LogP contribution in [0.15, 0.2) is 23.2 Å². The van der Waals surface area contributed by atoms with E-state index in [4.69, 9.17) is 4.74 Å². The lowest BCUT2D eigenvalue weighted by Gasteiger charge is -2.25. The van der Waals surface area contributed by atoms with E-state index in [0.29, 0.717) is 12.6 Å². The predicted octanol–water partition coefficient (Wildman–Crippen LogP) is 3.08. The van der Waals surface area contributed by atoms with Crippen molar-refractivity contribution in [3.63, 3.8) is 0 Å². The summed E-state index contributed by atoms with van der Waals surface area (Å²) in [6.07, 6.45) is 4.46. The molecule has 1 unspecified atom stereocenters. The molecule has 154 valence electrons. The quantitative estimate of drug-likeness (QED) is 0.304. The van der Waals surface area contributed by atoms with Crippen LogP contribution in [0.3, 0.4) is 0 Å². The van der Waals surface area contributed by atoms with Gasteiger partial charge in [0, 0.05) is 45.6 Å². The number of benzene rings is 1. The number of hydrogen-bond donors (Lipinski definition) is 2. The summed E-state index contributed by atoms with van der Waals surface area (Å²) in [7, 11) is 3.52. The van der Waals surface area contributed by atoms with Gasteiger partial charge in [-0.2, -0.15) is 11.8 Å². The molecule has 0 radical (unpaired) electrons. The molecule has 2 rings (SSSR count). The van der Waals surface area contributed by atoms with Gasteiger partial charge in [-0.15, -0.1) is 24.0 Å². The molecule has 8 heteroatoms. The number of thioether (sulfide) groups is 1. The highest BCUT2D eigenvalue weighted by Crippen LogP contribution is 2.17. The van der Waals surface area contributed by atoms with Crippen LogP contribution in [0.4, 0.5) is 4.39 Å². The molecule has 1 heterocycles. The highest BCUT2D eigenvalue weighted by atomic mass is 127. The van der Waals surface area contributed by atoms with Gasteiger partial charge in [0.1, 0.15) is 5.82 Å². The number of hydrogen-bond acceptors (Lipinski definition) is 4. The van der Waals surface area contributed by atoms with Crippen molar-refractivity contribution in [2.24, 2.45) is 4.99 Å². The average molecular weight is 510 g/mol. The second kappa shape index (κ2) is 13.6. The summed E-state index contributed by atoms with van der Waals surface area (Å²) >= 11 is 1.70. The Kier molecular flexibility index (Phi) is 12.3. The monoisotopic (exact) mass is 510 g/mol. The number of methoxy groups -OCH3 is 1. The van der Waals surface area contributed by atoms with Gasteiger partial charge in [0.15, 0.2) is 5.96 Å². The molecule has 0 bridgehead atoms. The van der Waals surface area contributed by atoms with Gasteiger partial charge < -0.3 is 15.4 Å². The van der Waals surface area contributed by atoms with Gasteiger partial charge in [0.2, 0.25) is 0 Å². The summed E-state index contributed by atoms with van der Waals surface area (Å²) in [5.74, 6) is 1.40. The standard InChI is InChI=1S/C19H31FN4OS.HI/c1-21-19(23-13-18-5-4-8-24(18)9-10-25-2)22-12-15-6-7-17(20)11-16(15)14-26-3;/h6-7,11,18H,4-5,8-10,12-14H2,1-3H3,(H2,21,22,23);1H. The zero-order valence-electron chi connectivity index (χ0n) is 16.5. The number of rotatable bonds is 9. The molecule has 1 aliphatic rings. The van der Waals surface area contributed by atoms with Crippen LogP contribution in [0.2, 0.25) is 0 Å². The highest BCUT2D eigenvalue weighted by Gasteiger charge is 2.23. The molecular formula is C19H32FIN4OS. The number of likely N-dealkylation sites (tertiary alicyclic amines) is 1. The lowest BCUT2D eigenvalue weighted by molar-refractivity contribution is 0.141. The largest absolute Gasteiger partial charge is 0.383 e. The molecule has 1 aromatic rings. The first-order chi connectivity index (χ1) is 12.7. The van der Waals surface area contributed by atoms with E-state index in [2.05, 4.69) is 20.5 Å². The first kappa shape index (κ1) is 24.5. The maximum atomic E-state index is 13.5. The number of halogens is 2. The van der Waals surface area contributed by atoms with Crippen molar-refractivity contribution in [3.8, 4) is 0 Å². The fourth-order valence-electron chi connectivity index (χ4n) is 3.30. The fourth-order valence-corrected chi connectivity index (χ4v) is 3.88. The Morgan fingerprint density at radius 1 is 1.37 bits per heavy atom. The Morgan fingerprint density at radius 3 is 2.89 bits per heavy atom. The second-order valence-electron chi connectivity index (χ2n) is 6.48. The Bertz CT molecular complexity index is 591. The Balaban J connectivity index is 0.00000364. The minimum Gasteiger partial charge on any atom is -0.383 e. The molecule has 0 saturated carbocycles. The lowest BCUT2D eigenvalue weighted by Crippen LogP contribution is -2.45. The van der Waals surface area contributed by atoms with Crippen molar-refractivity contribution < 1.29 is 9.13 Å². The maximum absolute atomic E-state index is 13.5. The van der Waals surface area contributed by atoms with Crippen molar-refractivity contribution in [2.75, 3.05) is 46.7 Å². The van der Waals surface area contributed by atoms with Gasteiger partial charge >= 0.3 is 0 Å². The molecule has 2 N–H and O–H groups in total. The van der Waals surface area contributed by atoms with Crippen LogP contribution < -0.4 is 10.6 Å². The van der Waals surface area contributed by atoms with Crippen molar-refractivity contribution in [2.45, 2.75) is 31.2 Å². The number of nitrogens with zero attached hydrogens (tertiary/aromatic N) is 2. The third-order valence-corrected chi connectivity index (χ3v) is 5.32. The minimum absolute atomic E-state index is 0. The summed E-state index contributed by atoms with van der Waals surface area (Å²) in [6, 6.07) is 5.51. The molecule has 27 heavy (non-hydrogen) atoms. The molecule has 5 nitrogen and oxygen atoms in total. The predicted molar refractivity (Wildman–Crippen MR) is 124 cm³/mol. The second-order valence-corrected chi connectivity index (χ2v) is 7.34. The van der Waals surface area contributed by atoms with Gasteiger partial charge in [0.25, 0.3) is 0 Å². The molecule has 0 amide bonds. The molecule has 1 aliphatic heterocycles. The molecule has 1 atom stereocenters. The number of nitrogens with one attached hydrogen (secondary N) is 2. The van der Waals surface area contributed by atoms with E-state index in [0.717, 1.165) is 49.1 Å². The van der Waals surface area contributed by atoms with Crippen molar-refractivity contribution in [1.29, 1.82) is 0 Å². The van der Waals surface area contributed by atoms with Gasteiger partial charge in [-0.3, -0.25) is 9.89 Å². The Morgan fingerprint density at radius 2 is 2.19 bits per heavy atom. The molecule has 0 aliphatic carbocycles. The number of aliphatic imine (C=N–C) groups is 1. The molecular weight excluding hydrogens is 478 g/mol. The van der Waals surface area contributed by atoms with Crippen LogP contribution in [-0.4, -0.2) is 63.6 Å². The van der Waals surface area contributed by atoms with Gasteiger partial charge in [-0.1, -0.05) is 6.07 Å². The summed E-state index contributed by atoms with van der Waals surface area (Å²) in [4.78, 5) is 6.79.